The lowest BCUT2D eigenvalue weighted by molar-refractivity contribution is -0.137. The van der Waals surface area contributed by atoms with Crippen LogP contribution in [-0.2, 0) is 27.7 Å². The Balaban J connectivity index is 1.46. The Kier molecular flexibility index (Phi) is 9.73. The summed E-state index contributed by atoms with van der Waals surface area (Å²) in [6, 6.07) is 26.3. The molecule has 5 nitrogen and oxygen atoms in total. The molecule has 1 amide bonds. The molecule has 0 aliphatic carbocycles. The predicted octanol–water partition coefficient (Wildman–Crippen LogP) is 9.54. The molecule has 0 unspecified atom stereocenters. The number of piperidine rings is 1. The van der Waals surface area contributed by atoms with E-state index in [-0.39, 0.29) is 13.2 Å². The van der Waals surface area contributed by atoms with Gasteiger partial charge in [0.2, 0.25) is 0 Å². The maximum Gasteiger partial charge on any atom is 0.416 e. The predicted molar refractivity (Wildman–Crippen MR) is 172 cm³/mol. The number of likely N-dealkylation sites (tertiary alicyclic amines) is 1. The van der Waals surface area contributed by atoms with Gasteiger partial charge < -0.3 is 14.4 Å². The molecule has 1 aliphatic heterocycles. The number of nitriles is 1. The van der Waals surface area contributed by atoms with Gasteiger partial charge in [-0.15, -0.1) is 0 Å². The van der Waals surface area contributed by atoms with E-state index in [1.54, 1.807) is 62.1 Å². The van der Waals surface area contributed by atoms with Gasteiger partial charge in [0.05, 0.1) is 30.4 Å². The molecule has 0 saturated carbocycles. The van der Waals surface area contributed by atoms with Crippen LogP contribution in [0.4, 0.5) is 22.4 Å². The molecule has 5 rings (SSSR count). The van der Waals surface area contributed by atoms with Gasteiger partial charge in [-0.05, 0) is 109 Å². The molecule has 9 heteroatoms. The van der Waals surface area contributed by atoms with Crippen LogP contribution in [0.1, 0.15) is 55.9 Å². The molecule has 0 N–H and O–H groups in total. The number of carbonyl (C=O) groups is 1. The number of rotatable bonds is 7. The second-order valence-corrected chi connectivity index (χ2v) is 12.9. The highest BCUT2D eigenvalue weighted by molar-refractivity contribution is 5.71. The number of hydrogen-bond acceptors (Lipinski definition) is 4. The zero-order chi connectivity index (χ0) is 33.8. The summed E-state index contributed by atoms with van der Waals surface area (Å²) in [6.07, 6.45) is -4.06. The van der Waals surface area contributed by atoms with Crippen molar-refractivity contribution in [2.75, 3.05) is 19.7 Å². The molecule has 1 fully saturated rings. The van der Waals surface area contributed by atoms with Gasteiger partial charge in [-0.1, -0.05) is 48.5 Å². The standard InChI is InChI=1S/C38H36F4N2O3/c1-36(2,3)47-35(45)44-17-15-37(16-18-44,34-14-13-32(39)22-33(34)29-7-5-4-6-8-29)25-46-24-27-19-30(21-31(20-27)38(40,41)42)28-11-9-26(23-43)10-12-28/h4-14,19-22H,15-18,24-25H2,1-3H3. The smallest absolute Gasteiger partial charge is 0.416 e. The van der Waals surface area contributed by atoms with Crippen LogP contribution in [-0.4, -0.2) is 36.3 Å². The quantitative estimate of drug-likeness (QED) is 0.188. The van der Waals surface area contributed by atoms with Crippen molar-refractivity contribution in [3.8, 4) is 28.3 Å². The number of benzene rings is 4. The van der Waals surface area contributed by atoms with Crippen LogP contribution in [0.25, 0.3) is 22.3 Å². The fraction of sp³-hybridized carbons (Fsp3) is 0.316. The van der Waals surface area contributed by atoms with Crippen molar-refractivity contribution in [1.82, 2.24) is 4.90 Å². The molecular formula is C38H36F4N2O3. The van der Waals surface area contributed by atoms with Gasteiger partial charge in [0.15, 0.2) is 0 Å². The molecule has 0 atom stereocenters. The second kappa shape index (κ2) is 13.6. The number of halogens is 4. The topological polar surface area (TPSA) is 62.6 Å². The highest BCUT2D eigenvalue weighted by atomic mass is 19.4. The van der Waals surface area contributed by atoms with Gasteiger partial charge in [0.25, 0.3) is 0 Å². The van der Waals surface area contributed by atoms with E-state index >= 15 is 0 Å². The maximum absolute atomic E-state index is 14.7. The second-order valence-electron chi connectivity index (χ2n) is 12.9. The Bertz CT molecular complexity index is 1750. The van der Waals surface area contributed by atoms with Crippen LogP contribution in [0, 0.1) is 17.1 Å². The Labute approximate surface area is 272 Å². The minimum absolute atomic E-state index is 0.105. The Morgan fingerprint density at radius 1 is 0.872 bits per heavy atom. The van der Waals surface area contributed by atoms with Gasteiger partial charge >= 0.3 is 12.3 Å². The first-order valence-electron chi connectivity index (χ1n) is 15.4. The largest absolute Gasteiger partial charge is 0.444 e. The summed E-state index contributed by atoms with van der Waals surface area (Å²) >= 11 is 0. The lowest BCUT2D eigenvalue weighted by Gasteiger charge is -2.43. The summed E-state index contributed by atoms with van der Waals surface area (Å²) in [4.78, 5) is 14.6. The van der Waals surface area contributed by atoms with Crippen molar-refractivity contribution >= 4 is 6.09 Å². The summed E-state index contributed by atoms with van der Waals surface area (Å²) in [5.74, 6) is -0.394. The fourth-order valence-electron chi connectivity index (χ4n) is 5.98. The Hall–Kier alpha value is -4.68. The average molecular weight is 645 g/mol. The van der Waals surface area contributed by atoms with E-state index in [4.69, 9.17) is 14.7 Å². The zero-order valence-electron chi connectivity index (χ0n) is 26.5. The van der Waals surface area contributed by atoms with E-state index in [0.29, 0.717) is 53.7 Å². The zero-order valence-corrected chi connectivity index (χ0v) is 26.5. The molecule has 0 radical (unpaired) electrons. The SMILES string of the molecule is CC(C)(C)OC(=O)N1CCC(COCc2cc(-c3ccc(C#N)cc3)cc(C(F)(F)F)c2)(c2ccc(F)cc2-c2ccccc2)CC1. The number of carbonyl (C=O) groups excluding carboxylic acids is 1. The van der Waals surface area contributed by atoms with Crippen molar-refractivity contribution in [2.45, 2.75) is 57.4 Å². The number of hydrogen-bond donors (Lipinski definition) is 0. The molecule has 1 aliphatic rings. The Morgan fingerprint density at radius 3 is 2.17 bits per heavy atom. The first kappa shape index (κ1) is 33.7. The number of nitrogens with zero attached hydrogens (tertiary/aromatic N) is 2. The van der Waals surface area contributed by atoms with E-state index in [0.717, 1.165) is 23.3 Å². The van der Waals surface area contributed by atoms with Crippen LogP contribution < -0.4 is 0 Å². The van der Waals surface area contributed by atoms with Crippen molar-refractivity contribution in [2.24, 2.45) is 0 Å². The molecule has 1 heterocycles. The molecule has 1 saturated heterocycles. The summed E-state index contributed by atoms with van der Waals surface area (Å²) in [7, 11) is 0. The third-order valence-corrected chi connectivity index (χ3v) is 8.32. The minimum atomic E-state index is -4.58. The average Bonchev–Trinajstić information content (AvgIpc) is 3.04. The van der Waals surface area contributed by atoms with Gasteiger partial charge in [-0.25, -0.2) is 9.18 Å². The van der Waals surface area contributed by atoms with Gasteiger partial charge in [0, 0.05) is 18.5 Å². The van der Waals surface area contributed by atoms with Gasteiger partial charge in [-0.3, -0.25) is 0 Å². The highest BCUT2D eigenvalue weighted by Gasteiger charge is 2.40. The van der Waals surface area contributed by atoms with Gasteiger partial charge in [-0.2, -0.15) is 18.4 Å². The molecule has 244 valence electrons. The number of ether oxygens (including phenoxy) is 2. The van der Waals surface area contributed by atoms with Crippen molar-refractivity contribution in [3.05, 3.63) is 119 Å². The minimum Gasteiger partial charge on any atom is -0.444 e. The molecule has 0 aromatic heterocycles. The van der Waals surface area contributed by atoms with Crippen molar-refractivity contribution in [1.29, 1.82) is 5.26 Å². The van der Waals surface area contributed by atoms with E-state index < -0.39 is 34.7 Å². The first-order valence-corrected chi connectivity index (χ1v) is 15.4. The first-order chi connectivity index (χ1) is 22.3. The van der Waals surface area contributed by atoms with E-state index in [1.165, 1.54) is 12.1 Å². The number of alkyl halides is 3. The normalized spacial score (nSPS) is 14.8. The summed E-state index contributed by atoms with van der Waals surface area (Å²) in [5.41, 5.74) is 1.87. The van der Waals surface area contributed by atoms with Crippen LogP contribution in [0.5, 0.6) is 0 Å². The summed E-state index contributed by atoms with van der Waals surface area (Å²) in [6.45, 7) is 6.15. The summed E-state index contributed by atoms with van der Waals surface area (Å²) in [5, 5.41) is 9.12. The van der Waals surface area contributed by atoms with Crippen molar-refractivity contribution < 1.29 is 31.8 Å². The number of amides is 1. The van der Waals surface area contributed by atoms with E-state index in [9.17, 15) is 22.4 Å². The maximum atomic E-state index is 14.7. The van der Waals surface area contributed by atoms with Crippen LogP contribution >= 0.6 is 0 Å². The highest BCUT2D eigenvalue weighted by Crippen LogP contribution is 2.42. The van der Waals surface area contributed by atoms with Crippen LogP contribution in [0.2, 0.25) is 0 Å². The third-order valence-electron chi connectivity index (χ3n) is 8.32. The lowest BCUT2D eigenvalue weighted by Crippen LogP contribution is -2.48. The van der Waals surface area contributed by atoms with E-state index in [1.807, 2.05) is 36.4 Å². The molecule has 47 heavy (non-hydrogen) atoms. The van der Waals surface area contributed by atoms with Crippen LogP contribution in [0.3, 0.4) is 0 Å². The molecule has 0 bridgehead atoms. The third kappa shape index (κ3) is 8.19. The molecule has 4 aromatic rings. The lowest BCUT2D eigenvalue weighted by atomic mass is 9.71. The molecule has 4 aromatic carbocycles. The monoisotopic (exact) mass is 644 g/mol. The molecule has 0 spiro atoms. The summed E-state index contributed by atoms with van der Waals surface area (Å²) < 4.78 is 68.4. The van der Waals surface area contributed by atoms with Crippen LogP contribution in [0.15, 0.2) is 91.0 Å². The fourth-order valence-corrected chi connectivity index (χ4v) is 5.98. The molecular weight excluding hydrogens is 608 g/mol. The van der Waals surface area contributed by atoms with Crippen molar-refractivity contribution in [3.63, 3.8) is 0 Å². The van der Waals surface area contributed by atoms with Gasteiger partial charge in [0.1, 0.15) is 11.4 Å². The van der Waals surface area contributed by atoms with E-state index in [2.05, 4.69) is 0 Å². The Morgan fingerprint density at radius 2 is 1.55 bits per heavy atom.